The van der Waals surface area contributed by atoms with E-state index in [2.05, 4.69) is 17.2 Å². The standard InChI is InChI=1S/C10H15N3/c1-6-9(7-2-3-7)13-10(12-6)8-4-11-5-8/h7-8,11H,2-5H2,1H3,(H,12,13). The molecule has 3 rings (SSSR count). The van der Waals surface area contributed by atoms with Gasteiger partial charge in [0.25, 0.3) is 0 Å². The van der Waals surface area contributed by atoms with E-state index in [1.165, 1.54) is 30.1 Å². The van der Waals surface area contributed by atoms with Gasteiger partial charge in [-0.05, 0) is 19.8 Å². The summed E-state index contributed by atoms with van der Waals surface area (Å²) in [5.41, 5.74) is 2.63. The molecule has 1 aromatic rings. The number of hydrogen-bond acceptors (Lipinski definition) is 2. The molecule has 0 amide bonds. The van der Waals surface area contributed by atoms with Gasteiger partial charge in [0.15, 0.2) is 0 Å². The zero-order valence-electron chi connectivity index (χ0n) is 7.93. The number of nitrogens with zero attached hydrogens (tertiary/aromatic N) is 1. The Morgan fingerprint density at radius 2 is 2.00 bits per heavy atom. The number of aromatic amines is 1. The molecule has 1 saturated heterocycles. The van der Waals surface area contributed by atoms with Crippen LogP contribution in [0.25, 0.3) is 0 Å². The minimum atomic E-state index is 0.645. The van der Waals surface area contributed by atoms with Gasteiger partial charge in [-0.3, -0.25) is 0 Å². The molecule has 0 unspecified atom stereocenters. The molecule has 2 N–H and O–H groups in total. The van der Waals surface area contributed by atoms with Crippen LogP contribution in [0.4, 0.5) is 0 Å². The van der Waals surface area contributed by atoms with Gasteiger partial charge in [-0.2, -0.15) is 0 Å². The largest absolute Gasteiger partial charge is 0.346 e. The molecule has 0 bridgehead atoms. The quantitative estimate of drug-likeness (QED) is 0.714. The Morgan fingerprint density at radius 1 is 1.23 bits per heavy atom. The normalized spacial score (nSPS) is 23.2. The smallest absolute Gasteiger partial charge is 0.112 e. The summed E-state index contributed by atoms with van der Waals surface area (Å²) in [5, 5.41) is 3.27. The van der Waals surface area contributed by atoms with E-state index in [9.17, 15) is 0 Å². The molecule has 1 aromatic heterocycles. The summed E-state index contributed by atoms with van der Waals surface area (Å²) >= 11 is 0. The molecule has 70 valence electrons. The van der Waals surface area contributed by atoms with Gasteiger partial charge in [0, 0.05) is 30.6 Å². The predicted molar refractivity (Wildman–Crippen MR) is 50.9 cm³/mol. The second-order valence-electron chi connectivity index (χ2n) is 4.26. The molecule has 0 aromatic carbocycles. The van der Waals surface area contributed by atoms with E-state index < -0.39 is 0 Å². The topological polar surface area (TPSA) is 40.7 Å². The van der Waals surface area contributed by atoms with E-state index in [-0.39, 0.29) is 0 Å². The first kappa shape index (κ1) is 7.56. The summed E-state index contributed by atoms with van der Waals surface area (Å²) in [4.78, 5) is 8.12. The summed E-state index contributed by atoms with van der Waals surface area (Å²) in [7, 11) is 0. The van der Waals surface area contributed by atoms with Crippen LogP contribution in [0.2, 0.25) is 0 Å². The van der Waals surface area contributed by atoms with E-state index in [1.807, 2.05) is 0 Å². The highest BCUT2D eigenvalue weighted by Gasteiger charge is 2.30. The molecule has 13 heavy (non-hydrogen) atoms. The summed E-state index contributed by atoms with van der Waals surface area (Å²) in [6.45, 7) is 4.34. The van der Waals surface area contributed by atoms with Gasteiger partial charge in [0.1, 0.15) is 5.82 Å². The summed E-state index contributed by atoms with van der Waals surface area (Å²) in [5.74, 6) is 2.63. The fourth-order valence-corrected chi connectivity index (χ4v) is 1.93. The summed E-state index contributed by atoms with van der Waals surface area (Å²) < 4.78 is 0. The summed E-state index contributed by atoms with van der Waals surface area (Å²) in [6, 6.07) is 0. The molecule has 0 radical (unpaired) electrons. The highest BCUT2D eigenvalue weighted by molar-refractivity contribution is 5.24. The summed E-state index contributed by atoms with van der Waals surface area (Å²) in [6.07, 6.45) is 2.68. The molecule has 3 heteroatoms. The van der Waals surface area contributed by atoms with Crippen LogP contribution >= 0.6 is 0 Å². The lowest BCUT2D eigenvalue weighted by Gasteiger charge is -2.24. The molecule has 2 fully saturated rings. The SMILES string of the molecule is Cc1[nH]c(C2CNC2)nc1C1CC1. The number of rotatable bonds is 2. The first-order chi connectivity index (χ1) is 6.34. The van der Waals surface area contributed by atoms with Crippen molar-refractivity contribution in [3.63, 3.8) is 0 Å². The van der Waals surface area contributed by atoms with Gasteiger partial charge in [-0.15, -0.1) is 0 Å². The van der Waals surface area contributed by atoms with E-state index >= 15 is 0 Å². The Morgan fingerprint density at radius 3 is 2.54 bits per heavy atom. The maximum absolute atomic E-state index is 4.70. The van der Waals surface area contributed by atoms with Gasteiger partial charge < -0.3 is 10.3 Å². The third kappa shape index (κ3) is 1.18. The van der Waals surface area contributed by atoms with Crippen LogP contribution in [0.15, 0.2) is 0 Å². The molecule has 1 aliphatic heterocycles. The average Bonchev–Trinajstić information content (AvgIpc) is 2.74. The second kappa shape index (κ2) is 2.58. The second-order valence-corrected chi connectivity index (χ2v) is 4.26. The molecule has 0 atom stereocenters. The number of aromatic nitrogens is 2. The zero-order chi connectivity index (χ0) is 8.84. The highest BCUT2D eigenvalue weighted by Crippen LogP contribution is 2.40. The Balaban J connectivity index is 1.89. The first-order valence-corrected chi connectivity index (χ1v) is 5.11. The Hall–Kier alpha value is -0.830. The monoisotopic (exact) mass is 177 g/mol. The lowest BCUT2D eigenvalue weighted by atomic mass is 10.0. The van der Waals surface area contributed by atoms with Gasteiger partial charge in [0.2, 0.25) is 0 Å². The third-order valence-electron chi connectivity index (χ3n) is 3.07. The Bertz CT molecular complexity index is 321. The molecule has 3 nitrogen and oxygen atoms in total. The Kier molecular flexibility index (Phi) is 1.50. The fourth-order valence-electron chi connectivity index (χ4n) is 1.93. The van der Waals surface area contributed by atoms with Gasteiger partial charge >= 0.3 is 0 Å². The average molecular weight is 177 g/mol. The lowest BCUT2D eigenvalue weighted by molar-refractivity contribution is 0.432. The van der Waals surface area contributed by atoms with Crippen LogP contribution in [0, 0.1) is 6.92 Å². The van der Waals surface area contributed by atoms with Crippen molar-refractivity contribution >= 4 is 0 Å². The maximum atomic E-state index is 4.70. The maximum Gasteiger partial charge on any atom is 0.112 e. The van der Waals surface area contributed by atoms with E-state index in [0.717, 1.165) is 19.0 Å². The molecular formula is C10H15N3. The van der Waals surface area contributed by atoms with E-state index in [4.69, 9.17) is 4.98 Å². The van der Waals surface area contributed by atoms with Crippen molar-refractivity contribution in [3.8, 4) is 0 Å². The number of H-pyrrole nitrogens is 1. The number of aryl methyl sites for hydroxylation is 1. The molecular weight excluding hydrogens is 162 g/mol. The van der Waals surface area contributed by atoms with Crippen LogP contribution in [-0.4, -0.2) is 23.1 Å². The van der Waals surface area contributed by atoms with Crippen LogP contribution < -0.4 is 5.32 Å². The van der Waals surface area contributed by atoms with Crippen LogP contribution in [0.1, 0.15) is 41.9 Å². The number of imidazole rings is 1. The van der Waals surface area contributed by atoms with E-state index in [1.54, 1.807) is 0 Å². The Labute approximate surface area is 78.0 Å². The minimum absolute atomic E-state index is 0.645. The zero-order valence-corrected chi connectivity index (χ0v) is 7.93. The molecule has 1 aliphatic carbocycles. The van der Waals surface area contributed by atoms with Crippen LogP contribution in [-0.2, 0) is 0 Å². The highest BCUT2D eigenvalue weighted by atomic mass is 15.0. The number of nitrogens with one attached hydrogen (secondary N) is 2. The van der Waals surface area contributed by atoms with Crippen molar-refractivity contribution in [2.24, 2.45) is 0 Å². The fraction of sp³-hybridized carbons (Fsp3) is 0.700. The van der Waals surface area contributed by atoms with E-state index in [0.29, 0.717) is 5.92 Å². The van der Waals surface area contributed by atoms with Gasteiger partial charge in [-0.1, -0.05) is 0 Å². The van der Waals surface area contributed by atoms with Crippen molar-refractivity contribution < 1.29 is 0 Å². The predicted octanol–water partition coefficient (Wildman–Crippen LogP) is 1.28. The molecule has 0 spiro atoms. The van der Waals surface area contributed by atoms with Crippen molar-refractivity contribution in [3.05, 3.63) is 17.2 Å². The molecule has 1 saturated carbocycles. The van der Waals surface area contributed by atoms with Crippen LogP contribution in [0.3, 0.4) is 0 Å². The van der Waals surface area contributed by atoms with Crippen LogP contribution in [0.5, 0.6) is 0 Å². The minimum Gasteiger partial charge on any atom is -0.346 e. The van der Waals surface area contributed by atoms with Gasteiger partial charge in [-0.25, -0.2) is 4.98 Å². The van der Waals surface area contributed by atoms with Crippen molar-refractivity contribution in [1.29, 1.82) is 0 Å². The van der Waals surface area contributed by atoms with Crippen molar-refractivity contribution in [2.75, 3.05) is 13.1 Å². The van der Waals surface area contributed by atoms with Gasteiger partial charge in [0.05, 0.1) is 5.69 Å². The molecule has 2 aliphatic rings. The third-order valence-corrected chi connectivity index (χ3v) is 3.07. The lowest BCUT2D eigenvalue weighted by Crippen LogP contribution is -2.40. The number of hydrogen-bond donors (Lipinski definition) is 2. The van der Waals surface area contributed by atoms with Crippen molar-refractivity contribution in [2.45, 2.75) is 31.6 Å². The molecule has 2 heterocycles. The first-order valence-electron chi connectivity index (χ1n) is 5.11. The van der Waals surface area contributed by atoms with Crippen molar-refractivity contribution in [1.82, 2.24) is 15.3 Å².